The summed E-state index contributed by atoms with van der Waals surface area (Å²) < 4.78 is 25.2. The number of carbonyl (C=O) groups excluding carboxylic acids is 1. The smallest absolute Gasteiger partial charge is 0.245 e. The zero-order valence-electron chi connectivity index (χ0n) is 12.9. The van der Waals surface area contributed by atoms with Crippen LogP contribution < -0.4 is 5.32 Å². The Hall–Kier alpha value is -2.18. The van der Waals surface area contributed by atoms with Crippen molar-refractivity contribution in [2.24, 2.45) is 4.99 Å². The van der Waals surface area contributed by atoms with E-state index >= 15 is 0 Å². The van der Waals surface area contributed by atoms with Gasteiger partial charge in [0.1, 0.15) is 0 Å². The molecule has 1 amide bonds. The number of benzene rings is 2. The molecule has 1 aliphatic rings. The Morgan fingerprint density at radius 2 is 1.71 bits per heavy atom. The Morgan fingerprint density at radius 3 is 2.33 bits per heavy atom. The highest BCUT2D eigenvalue weighted by Crippen LogP contribution is 2.22. The van der Waals surface area contributed by atoms with E-state index < -0.39 is 21.0 Å². The van der Waals surface area contributed by atoms with Gasteiger partial charge in [0.15, 0.2) is 5.25 Å². The van der Waals surface area contributed by atoms with Gasteiger partial charge in [-0.25, -0.2) is 13.4 Å². The van der Waals surface area contributed by atoms with Crippen molar-refractivity contribution in [2.75, 3.05) is 0 Å². The van der Waals surface area contributed by atoms with Crippen LogP contribution in [0.15, 0.2) is 53.5 Å². The molecule has 0 aromatic heterocycles. The van der Waals surface area contributed by atoms with E-state index in [1.807, 2.05) is 31.2 Å². The van der Waals surface area contributed by atoms with Crippen molar-refractivity contribution in [3.63, 3.8) is 0 Å². The number of sulfone groups is 1. The highest BCUT2D eigenvalue weighted by Gasteiger charge is 2.44. The minimum Gasteiger partial charge on any atom is -0.300 e. The molecule has 1 saturated heterocycles. The molecule has 1 unspecified atom stereocenters. The molecule has 0 spiro atoms. The van der Waals surface area contributed by atoms with Crippen LogP contribution in [0.5, 0.6) is 0 Å². The molecule has 1 fully saturated rings. The third-order valence-corrected chi connectivity index (χ3v) is 5.88. The van der Waals surface area contributed by atoms with Crippen LogP contribution in [0, 0.1) is 6.92 Å². The molecule has 3 rings (SSSR count). The molecule has 1 N–H and O–H groups in total. The molecular weight excluding hydrogens is 348 g/mol. The molecule has 124 valence electrons. The number of nitrogens with zero attached hydrogens (tertiary/aromatic N) is 1. The van der Waals surface area contributed by atoms with Gasteiger partial charge in [-0.3, -0.25) is 10.1 Å². The molecule has 24 heavy (non-hydrogen) atoms. The number of aryl methyl sites for hydroxylation is 1. The van der Waals surface area contributed by atoms with Gasteiger partial charge in [-0.2, -0.15) is 0 Å². The van der Waals surface area contributed by atoms with Crippen LogP contribution >= 0.6 is 11.6 Å². The maximum absolute atomic E-state index is 12.6. The molecule has 0 saturated carbocycles. The minimum atomic E-state index is -3.84. The molecule has 7 heteroatoms. The summed E-state index contributed by atoms with van der Waals surface area (Å²) in [5, 5.41) is 1.43. The first-order valence-electron chi connectivity index (χ1n) is 7.31. The van der Waals surface area contributed by atoms with Crippen molar-refractivity contribution in [1.82, 2.24) is 5.32 Å². The third kappa shape index (κ3) is 3.34. The molecule has 0 radical (unpaired) electrons. The first-order valence-corrected chi connectivity index (χ1v) is 9.23. The average molecular weight is 363 g/mol. The fourth-order valence-electron chi connectivity index (χ4n) is 2.40. The Labute approximate surface area is 145 Å². The molecule has 0 bridgehead atoms. The zero-order chi connectivity index (χ0) is 17.3. The maximum atomic E-state index is 12.6. The molecule has 1 aliphatic heterocycles. The average Bonchev–Trinajstić information content (AvgIpc) is 2.75. The van der Waals surface area contributed by atoms with Crippen LogP contribution in [0.3, 0.4) is 0 Å². The molecular formula is C17H15ClN2O3S. The molecule has 2 aromatic carbocycles. The standard InChI is InChI=1S/C17H15ClN2O3S/c1-11-2-4-12(5-3-11)10-15-16(21)20-17(24(15,22)23)19-14-8-6-13(18)7-9-14/h2-9,15H,10H2,1H3,(H,19,20,21). The van der Waals surface area contributed by atoms with Gasteiger partial charge in [0, 0.05) is 5.02 Å². The molecule has 1 heterocycles. The summed E-state index contributed by atoms with van der Waals surface area (Å²) in [7, 11) is -3.84. The van der Waals surface area contributed by atoms with E-state index in [4.69, 9.17) is 11.6 Å². The van der Waals surface area contributed by atoms with Gasteiger partial charge in [0.25, 0.3) is 0 Å². The number of hydrogen-bond donors (Lipinski definition) is 1. The zero-order valence-corrected chi connectivity index (χ0v) is 14.4. The second kappa shape index (κ2) is 6.37. The minimum absolute atomic E-state index is 0.119. The highest BCUT2D eigenvalue weighted by atomic mass is 35.5. The van der Waals surface area contributed by atoms with Crippen molar-refractivity contribution in [3.8, 4) is 0 Å². The van der Waals surface area contributed by atoms with Gasteiger partial charge in [-0.1, -0.05) is 41.4 Å². The summed E-state index contributed by atoms with van der Waals surface area (Å²) in [4.78, 5) is 16.2. The van der Waals surface area contributed by atoms with Gasteiger partial charge in [0.2, 0.25) is 20.9 Å². The van der Waals surface area contributed by atoms with E-state index in [0.29, 0.717) is 10.7 Å². The number of amidine groups is 1. The molecule has 1 atom stereocenters. The van der Waals surface area contributed by atoms with Crippen molar-refractivity contribution in [1.29, 1.82) is 0 Å². The molecule has 5 nitrogen and oxygen atoms in total. The highest BCUT2D eigenvalue weighted by molar-refractivity contribution is 8.08. The predicted molar refractivity (Wildman–Crippen MR) is 94.3 cm³/mol. The Bertz CT molecular complexity index is 904. The number of amides is 1. The van der Waals surface area contributed by atoms with Crippen LogP contribution in [0.4, 0.5) is 5.69 Å². The Kier molecular flexibility index (Phi) is 4.43. The summed E-state index contributed by atoms with van der Waals surface area (Å²) in [5.41, 5.74) is 2.27. The van der Waals surface area contributed by atoms with Gasteiger partial charge in [-0.05, 0) is 43.2 Å². The van der Waals surface area contributed by atoms with E-state index in [0.717, 1.165) is 11.1 Å². The summed E-state index contributed by atoms with van der Waals surface area (Å²) >= 11 is 5.80. The van der Waals surface area contributed by atoms with Crippen molar-refractivity contribution < 1.29 is 13.2 Å². The van der Waals surface area contributed by atoms with Crippen molar-refractivity contribution in [2.45, 2.75) is 18.6 Å². The van der Waals surface area contributed by atoms with Crippen LogP contribution in [0.1, 0.15) is 11.1 Å². The number of halogens is 1. The lowest BCUT2D eigenvalue weighted by atomic mass is 10.1. The third-order valence-electron chi connectivity index (χ3n) is 3.77. The lowest BCUT2D eigenvalue weighted by Gasteiger charge is -2.06. The number of nitrogens with one attached hydrogen (secondary N) is 1. The maximum Gasteiger partial charge on any atom is 0.245 e. The summed E-state index contributed by atoms with van der Waals surface area (Å²) in [6, 6.07) is 13.8. The fourth-order valence-corrected chi connectivity index (χ4v) is 4.02. The SMILES string of the molecule is Cc1ccc(CC2C(=O)N/C(=N\c3ccc(Cl)cc3)S2(=O)=O)cc1. The number of carbonyl (C=O) groups is 1. The van der Waals surface area contributed by atoms with E-state index in [1.165, 1.54) is 0 Å². The van der Waals surface area contributed by atoms with Gasteiger partial charge >= 0.3 is 0 Å². The second-order valence-corrected chi connectivity index (χ2v) is 8.09. The van der Waals surface area contributed by atoms with Crippen molar-refractivity contribution in [3.05, 3.63) is 64.7 Å². The largest absolute Gasteiger partial charge is 0.300 e. The number of hydrogen-bond acceptors (Lipinski definition) is 4. The number of rotatable bonds is 3. The van der Waals surface area contributed by atoms with E-state index in [9.17, 15) is 13.2 Å². The molecule has 0 aliphatic carbocycles. The monoisotopic (exact) mass is 362 g/mol. The normalized spacial score (nSPS) is 21.0. The van der Waals surface area contributed by atoms with Crippen molar-refractivity contribution >= 4 is 38.2 Å². The van der Waals surface area contributed by atoms with E-state index in [1.54, 1.807) is 24.3 Å². The van der Waals surface area contributed by atoms with Gasteiger partial charge in [0.05, 0.1) is 5.69 Å². The first-order chi connectivity index (χ1) is 11.4. The molecule has 2 aromatic rings. The predicted octanol–water partition coefficient (Wildman–Crippen LogP) is 2.79. The summed E-state index contributed by atoms with van der Waals surface area (Å²) in [6.07, 6.45) is 0.119. The van der Waals surface area contributed by atoms with E-state index in [-0.39, 0.29) is 11.6 Å². The lowest BCUT2D eigenvalue weighted by molar-refractivity contribution is -0.118. The van der Waals surface area contributed by atoms with Crippen LogP contribution in [0.2, 0.25) is 5.02 Å². The van der Waals surface area contributed by atoms with Crippen LogP contribution in [-0.4, -0.2) is 24.7 Å². The van der Waals surface area contributed by atoms with Crippen LogP contribution in [-0.2, 0) is 21.1 Å². The first kappa shape index (κ1) is 16.7. The fraction of sp³-hybridized carbons (Fsp3) is 0.176. The Balaban J connectivity index is 1.89. The summed E-state index contributed by atoms with van der Waals surface area (Å²) in [6.45, 7) is 1.94. The topological polar surface area (TPSA) is 75.6 Å². The van der Waals surface area contributed by atoms with Crippen LogP contribution in [0.25, 0.3) is 0 Å². The van der Waals surface area contributed by atoms with Gasteiger partial charge in [-0.15, -0.1) is 0 Å². The lowest BCUT2D eigenvalue weighted by Crippen LogP contribution is -2.27. The van der Waals surface area contributed by atoms with Gasteiger partial charge < -0.3 is 0 Å². The Morgan fingerprint density at radius 1 is 1.08 bits per heavy atom. The quantitative estimate of drug-likeness (QED) is 0.912. The summed E-state index contributed by atoms with van der Waals surface area (Å²) in [5.74, 6) is -0.553. The van der Waals surface area contributed by atoms with E-state index in [2.05, 4.69) is 10.3 Å². The second-order valence-electron chi connectivity index (χ2n) is 5.61. The number of aliphatic imine (C=N–C) groups is 1.